The van der Waals surface area contributed by atoms with Crippen LogP contribution in [0, 0.1) is 0 Å². The van der Waals surface area contributed by atoms with Gasteiger partial charge in [0.2, 0.25) is 5.91 Å². The highest BCUT2D eigenvalue weighted by atomic mass is 35.5. The van der Waals surface area contributed by atoms with E-state index in [1.54, 1.807) is 0 Å². The van der Waals surface area contributed by atoms with Crippen LogP contribution in [0.1, 0.15) is 31.2 Å². The van der Waals surface area contributed by atoms with E-state index in [-0.39, 0.29) is 5.91 Å². The molecule has 1 aliphatic carbocycles. The Morgan fingerprint density at radius 1 is 1.05 bits per heavy atom. The summed E-state index contributed by atoms with van der Waals surface area (Å²) in [4.78, 5) is 12.2. The lowest BCUT2D eigenvalue weighted by molar-refractivity contribution is -0.121. The first-order valence-corrected chi connectivity index (χ1v) is 8.05. The number of fused-ring (bicyclic) bond motifs is 1. The van der Waals surface area contributed by atoms with Crippen LogP contribution in [-0.2, 0) is 11.2 Å². The van der Waals surface area contributed by atoms with E-state index in [1.807, 2.05) is 18.2 Å². The van der Waals surface area contributed by atoms with Gasteiger partial charge >= 0.3 is 0 Å². The standard InChI is InChI=1S/C18H20ClNO/c19-16-7-9-17(10-8-16)20-18(21)12-13-5-6-14-3-1-2-4-15(14)11-13/h1-6,11,16-17H,7-10,12H2,(H,20,21). The summed E-state index contributed by atoms with van der Waals surface area (Å²) in [6, 6.07) is 14.7. The lowest BCUT2D eigenvalue weighted by Crippen LogP contribution is -2.38. The molecular formula is C18H20ClNO. The van der Waals surface area contributed by atoms with E-state index < -0.39 is 0 Å². The van der Waals surface area contributed by atoms with Crippen molar-refractivity contribution in [2.75, 3.05) is 0 Å². The molecule has 2 aromatic carbocycles. The smallest absolute Gasteiger partial charge is 0.224 e. The largest absolute Gasteiger partial charge is 0.353 e. The minimum Gasteiger partial charge on any atom is -0.353 e. The summed E-state index contributed by atoms with van der Waals surface area (Å²) in [6.45, 7) is 0. The van der Waals surface area contributed by atoms with E-state index in [2.05, 4.69) is 29.6 Å². The molecule has 2 aromatic rings. The highest BCUT2D eigenvalue weighted by molar-refractivity contribution is 6.20. The normalized spacial score (nSPS) is 22.1. The molecule has 3 rings (SSSR count). The van der Waals surface area contributed by atoms with Crippen molar-refractivity contribution in [3.05, 3.63) is 48.0 Å². The molecule has 0 atom stereocenters. The van der Waals surface area contributed by atoms with Gasteiger partial charge in [0, 0.05) is 11.4 Å². The molecule has 0 bridgehead atoms. The monoisotopic (exact) mass is 301 g/mol. The van der Waals surface area contributed by atoms with E-state index in [4.69, 9.17) is 11.6 Å². The van der Waals surface area contributed by atoms with Gasteiger partial charge in [-0.1, -0.05) is 42.5 Å². The van der Waals surface area contributed by atoms with Crippen molar-refractivity contribution in [1.29, 1.82) is 0 Å². The van der Waals surface area contributed by atoms with Crippen molar-refractivity contribution in [2.24, 2.45) is 0 Å². The molecule has 0 unspecified atom stereocenters. The Bertz CT molecular complexity index is 632. The van der Waals surface area contributed by atoms with Gasteiger partial charge in [0.1, 0.15) is 0 Å². The van der Waals surface area contributed by atoms with Gasteiger partial charge in [-0.15, -0.1) is 11.6 Å². The molecule has 21 heavy (non-hydrogen) atoms. The fourth-order valence-corrected chi connectivity index (χ4v) is 3.26. The van der Waals surface area contributed by atoms with Crippen LogP contribution in [0.3, 0.4) is 0 Å². The van der Waals surface area contributed by atoms with Crippen LogP contribution in [0.2, 0.25) is 0 Å². The van der Waals surface area contributed by atoms with Gasteiger partial charge in [0.15, 0.2) is 0 Å². The highest BCUT2D eigenvalue weighted by Crippen LogP contribution is 2.23. The van der Waals surface area contributed by atoms with Crippen molar-refractivity contribution in [3.8, 4) is 0 Å². The number of benzene rings is 2. The summed E-state index contributed by atoms with van der Waals surface area (Å²) >= 11 is 6.09. The lowest BCUT2D eigenvalue weighted by atomic mass is 9.95. The molecule has 110 valence electrons. The van der Waals surface area contributed by atoms with Gasteiger partial charge < -0.3 is 5.32 Å². The van der Waals surface area contributed by atoms with Gasteiger partial charge in [0.05, 0.1) is 6.42 Å². The van der Waals surface area contributed by atoms with Crippen LogP contribution in [0.25, 0.3) is 10.8 Å². The van der Waals surface area contributed by atoms with E-state index in [0.717, 1.165) is 31.2 Å². The number of nitrogens with one attached hydrogen (secondary N) is 1. The summed E-state index contributed by atoms with van der Waals surface area (Å²) in [7, 11) is 0. The maximum Gasteiger partial charge on any atom is 0.224 e. The van der Waals surface area contributed by atoms with Gasteiger partial charge in [-0.25, -0.2) is 0 Å². The maximum absolute atomic E-state index is 12.2. The predicted octanol–water partition coefficient (Wildman–Crippen LogP) is 4.05. The first-order chi connectivity index (χ1) is 10.2. The average Bonchev–Trinajstić information content (AvgIpc) is 2.49. The van der Waals surface area contributed by atoms with Gasteiger partial charge in [-0.05, 0) is 42.0 Å². The molecule has 1 N–H and O–H groups in total. The first kappa shape index (κ1) is 14.4. The lowest BCUT2D eigenvalue weighted by Gasteiger charge is -2.25. The van der Waals surface area contributed by atoms with Crippen molar-refractivity contribution in [1.82, 2.24) is 5.32 Å². The predicted molar refractivity (Wildman–Crippen MR) is 87.7 cm³/mol. The second kappa shape index (κ2) is 6.48. The Balaban J connectivity index is 1.60. The fraction of sp³-hybridized carbons (Fsp3) is 0.389. The summed E-state index contributed by atoms with van der Waals surface area (Å²) < 4.78 is 0. The Kier molecular flexibility index (Phi) is 4.45. The van der Waals surface area contributed by atoms with Crippen LogP contribution >= 0.6 is 11.6 Å². The van der Waals surface area contributed by atoms with E-state index in [9.17, 15) is 4.79 Å². The van der Waals surface area contributed by atoms with Gasteiger partial charge in [0.25, 0.3) is 0 Å². The number of alkyl halides is 1. The first-order valence-electron chi connectivity index (χ1n) is 7.62. The second-order valence-electron chi connectivity index (χ2n) is 5.87. The van der Waals surface area contributed by atoms with Crippen LogP contribution in [-0.4, -0.2) is 17.3 Å². The molecule has 1 fully saturated rings. The highest BCUT2D eigenvalue weighted by Gasteiger charge is 2.20. The van der Waals surface area contributed by atoms with Crippen LogP contribution in [0.5, 0.6) is 0 Å². The van der Waals surface area contributed by atoms with Gasteiger partial charge in [-0.2, -0.15) is 0 Å². The summed E-state index contributed by atoms with van der Waals surface area (Å²) in [6.07, 6.45) is 4.45. The maximum atomic E-state index is 12.2. The Morgan fingerprint density at radius 3 is 2.52 bits per heavy atom. The molecule has 3 heteroatoms. The van der Waals surface area contributed by atoms with Crippen LogP contribution in [0.15, 0.2) is 42.5 Å². The van der Waals surface area contributed by atoms with Crippen LogP contribution in [0.4, 0.5) is 0 Å². The molecule has 0 spiro atoms. The third-order valence-corrected chi connectivity index (χ3v) is 4.64. The number of hydrogen-bond acceptors (Lipinski definition) is 1. The average molecular weight is 302 g/mol. The second-order valence-corrected chi connectivity index (χ2v) is 6.49. The zero-order valence-corrected chi connectivity index (χ0v) is 12.8. The van der Waals surface area contributed by atoms with E-state index >= 15 is 0 Å². The third-order valence-electron chi connectivity index (χ3n) is 4.20. The molecule has 0 heterocycles. The molecule has 0 saturated heterocycles. The minimum atomic E-state index is 0.114. The molecule has 0 aromatic heterocycles. The van der Waals surface area contributed by atoms with Crippen molar-refractivity contribution in [2.45, 2.75) is 43.5 Å². The molecule has 1 aliphatic rings. The van der Waals surface area contributed by atoms with Crippen LogP contribution < -0.4 is 5.32 Å². The Morgan fingerprint density at radius 2 is 1.76 bits per heavy atom. The number of carbonyl (C=O) groups is 1. The number of amides is 1. The van der Waals surface area contributed by atoms with Crippen molar-refractivity contribution >= 4 is 28.3 Å². The molecular weight excluding hydrogens is 282 g/mol. The zero-order valence-electron chi connectivity index (χ0n) is 12.0. The molecule has 0 aliphatic heterocycles. The third kappa shape index (κ3) is 3.76. The van der Waals surface area contributed by atoms with E-state index in [1.165, 1.54) is 10.8 Å². The summed E-state index contributed by atoms with van der Waals surface area (Å²) in [5, 5.41) is 5.82. The number of hydrogen-bond donors (Lipinski definition) is 1. The SMILES string of the molecule is O=C(Cc1ccc2ccccc2c1)NC1CCC(Cl)CC1. The molecule has 2 nitrogen and oxygen atoms in total. The van der Waals surface area contributed by atoms with Crippen molar-refractivity contribution in [3.63, 3.8) is 0 Å². The summed E-state index contributed by atoms with van der Waals surface area (Å²) in [5.41, 5.74) is 1.07. The molecule has 1 saturated carbocycles. The molecule has 0 radical (unpaired) electrons. The van der Waals surface area contributed by atoms with Gasteiger partial charge in [-0.3, -0.25) is 4.79 Å². The van der Waals surface area contributed by atoms with E-state index in [0.29, 0.717) is 17.8 Å². The topological polar surface area (TPSA) is 29.1 Å². The quantitative estimate of drug-likeness (QED) is 0.852. The number of rotatable bonds is 3. The number of carbonyl (C=O) groups excluding carboxylic acids is 1. The Labute approximate surface area is 130 Å². The molecule has 1 amide bonds. The minimum absolute atomic E-state index is 0.114. The number of halogens is 1. The summed E-state index contributed by atoms with van der Waals surface area (Å²) in [5.74, 6) is 0.114. The zero-order chi connectivity index (χ0) is 14.7. The van der Waals surface area contributed by atoms with Crippen molar-refractivity contribution < 1.29 is 4.79 Å². The Hall–Kier alpha value is -1.54. The fourth-order valence-electron chi connectivity index (χ4n) is 3.01.